The van der Waals surface area contributed by atoms with Crippen LogP contribution in [0.2, 0.25) is 0 Å². The van der Waals surface area contributed by atoms with Gasteiger partial charge in [0.05, 0.1) is 12.0 Å². The van der Waals surface area contributed by atoms with Crippen LogP contribution in [0.3, 0.4) is 0 Å². The molecule has 0 bridgehead atoms. The van der Waals surface area contributed by atoms with Crippen LogP contribution < -0.4 is 0 Å². The van der Waals surface area contributed by atoms with Crippen molar-refractivity contribution in [2.75, 3.05) is 0 Å². The molecule has 1 aromatic rings. The van der Waals surface area contributed by atoms with E-state index in [1.807, 2.05) is 0 Å². The van der Waals surface area contributed by atoms with E-state index in [9.17, 15) is 14.0 Å². The SMILES string of the molecule is O=C(O)CC=Cc1ccc(C(=O)O)c(F)c1. The highest BCUT2D eigenvalue weighted by Gasteiger charge is 2.09. The van der Waals surface area contributed by atoms with E-state index in [0.29, 0.717) is 5.56 Å². The number of aromatic carboxylic acids is 1. The van der Waals surface area contributed by atoms with E-state index in [1.165, 1.54) is 18.2 Å². The van der Waals surface area contributed by atoms with Crippen LogP contribution in [0.5, 0.6) is 0 Å². The third-order valence-corrected chi connectivity index (χ3v) is 1.83. The van der Waals surface area contributed by atoms with Crippen LogP contribution in [-0.4, -0.2) is 22.2 Å². The first-order valence-electron chi connectivity index (χ1n) is 4.42. The van der Waals surface area contributed by atoms with Crippen molar-refractivity contribution in [3.8, 4) is 0 Å². The van der Waals surface area contributed by atoms with Gasteiger partial charge in [0.1, 0.15) is 5.82 Å². The van der Waals surface area contributed by atoms with Gasteiger partial charge in [0.25, 0.3) is 0 Å². The van der Waals surface area contributed by atoms with E-state index in [1.54, 1.807) is 0 Å². The van der Waals surface area contributed by atoms with Crippen molar-refractivity contribution in [3.05, 3.63) is 41.2 Å². The lowest BCUT2D eigenvalue weighted by Gasteiger charge is -1.98. The van der Waals surface area contributed by atoms with Crippen molar-refractivity contribution >= 4 is 18.0 Å². The Hall–Kier alpha value is -2.17. The summed E-state index contributed by atoms with van der Waals surface area (Å²) in [5.74, 6) is -3.16. The second-order valence-corrected chi connectivity index (χ2v) is 3.04. The molecule has 0 aliphatic carbocycles. The first kappa shape index (κ1) is 11.9. The summed E-state index contributed by atoms with van der Waals surface area (Å²) in [5.41, 5.74) is 0.0131. The Bertz CT molecular complexity index is 451. The Balaban J connectivity index is 2.85. The fourth-order valence-corrected chi connectivity index (χ4v) is 1.10. The average molecular weight is 224 g/mol. The molecule has 0 fully saturated rings. The molecule has 0 radical (unpaired) electrons. The Morgan fingerprint density at radius 3 is 2.50 bits per heavy atom. The molecule has 5 heteroatoms. The van der Waals surface area contributed by atoms with Gasteiger partial charge >= 0.3 is 11.9 Å². The maximum atomic E-state index is 13.2. The van der Waals surface area contributed by atoms with Crippen LogP contribution in [0.4, 0.5) is 4.39 Å². The molecule has 1 rings (SSSR count). The standard InChI is InChI=1S/C11H9FO4/c12-9-6-7(2-1-3-10(13)14)4-5-8(9)11(15)16/h1-2,4-6H,3H2,(H,13,14)(H,15,16). The fourth-order valence-electron chi connectivity index (χ4n) is 1.10. The van der Waals surface area contributed by atoms with Crippen molar-refractivity contribution in [3.63, 3.8) is 0 Å². The third kappa shape index (κ3) is 3.20. The quantitative estimate of drug-likeness (QED) is 0.820. The predicted molar refractivity (Wildman–Crippen MR) is 54.6 cm³/mol. The molecule has 84 valence electrons. The van der Waals surface area contributed by atoms with Gasteiger partial charge in [-0.1, -0.05) is 18.2 Å². The average Bonchev–Trinajstić information content (AvgIpc) is 2.16. The van der Waals surface area contributed by atoms with Gasteiger partial charge in [0.2, 0.25) is 0 Å². The zero-order valence-electron chi connectivity index (χ0n) is 8.18. The van der Waals surface area contributed by atoms with Gasteiger partial charge in [-0.3, -0.25) is 4.79 Å². The topological polar surface area (TPSA) is 74.6 Å². The van der Waals surface area contributed by atoms with Gasteiger partial charge in [-0.25, -0.2) is 9.18 Å². The molecule has 0 heterocycles. The monoisotopic (exact) mass is 224 g/mol. The molecule has 1 aromatic carbocycles. The Morgan fingerprint density at radius 2 is 2.00 bits per heavy atom. The summed E-state index contributed by atoms with van der Waals surface area (Å²) in [6.45, 7) is 0. The summed E-state index contributed by atoms with van der Waals surface area (Å²) in [4.78, 5) is 20.7. The first-order chi connectivity index (χ1) is 7.50. The maximum Gasteiger partial charge on any atom is 0.338 e. The number of carbonyl (C=O) groups is 2. The molecule has 0 unspecified atom stereocenters. The summed E-state index contributed by atoms with van der Waals surface area (Å²) in [6.07, 6.45) is 2.61. The molecule has 4 nitrogen and oxygen atoms in total. The molecule has 0 aliphatic rings. The summed E-state index contributed by atoms with van der Waals surface area (Å²) >= 11 is 0. The van der Waals surface area contributed by atoms with Crippen LogP contribution in [0.25, 0.3) is 6.08 Å². The molecule has 0 atom stereocenters. The minimum Gasteiger partial charge on any atom is -0.481 e. The molecule has 16 heavy (non-hydrogen) atoms. The molecule has 0 aliphatic heterocycles. The van der Waals surface area contributed by atoms with Crippen molar-refractivity contribution < 1.29 is 24.2 Å². The molecule has 2 N–H and O–H groups in total. The first-order valence-corrected chi connectivity index (χ1v) is 4.42. The minimum absolute atomic E-state index is 0.164. The molecule has 0 spiro atoms. The number of hydrogen-bond acceptors (Lipinski definition) is 2. The van der Waals surface area contributed by atoms with E-state index < -0.39 is 23.3 Å². The highest BCUT2D eigenvalue weighted by molar-refractivity contribution is 5.88. The molecule has 0 aromatic heterocycles. The van der Waals surface area contributed by atoms with Crippen LogP contribution in [0, 0.1) is 5.82 Å². The number of aliphatic carboxylic acids is 1. The minimum atomic E-state index is -1.33. The molecular weight excluding hydrogens is 215 g/mol. The highest BCUT2D eigenvalue weighted by Crippen LogP contribution is 2.12. The zero-order valence-corrected chi connectivity index (χ0v) is 8.18. The number of halogens is 1. The predicted octanol–water partition coefficient (Wildman–Crippen LogP) is 2.01. The molecule has 0 amide bonds. The Morgan fingerprint density at radius 1 is 1.31 bits per heavy atom. The zero-order chi connectivity index (χ0) is 12.1. The lowest BCUT2D eigenvalue weighted by Crippen LogP contribution is -2.00. The smallest absolute Gasteiger partial charge is 0.338 e. The van der Waals surface area contributed by atoms with Gasteiger partial charge < -0.3 is 10.2 Å². The second kappa shape index (κ2) is 5.06. The van der Waals surface area contributed by atoms with Crippen LogP contribution in [0.15, 0.2) is 24.3 Å². The second-order valence-electron chi connectivity index (χ2n) is 3.04. The van der Waals surface area contributed by atoms with E-state index in [0.717, 1.165) is 12.1 Å². The number of carboxylic acid groups (broad SMARTS) is 2. The number of hydrogen-bond donors (Lipinski definition) is 2. The van der Waals surface area contributed by atoms with E-state index in [2.05, 4.69) is 0 Å². The van der Waals surface area contributed by atoms with Gasteiger partial charge in [-0.05, 0) is 17.7 Å². The summed E-state index contributed by atoms with van der Waals surface area (Å²) in [7, 11) is 0. The lowest BCUT2D eigenvalue weighted by molar-refractivity contribution is -0.135. The van der Waals surface area contributed by atoms with Gasteiger partial charge in [-0.15, -0.1) is 0 Å². The maximum absolute atomic E-state index is 13.2. The van der Waals surface area contributed by atoms with Crippen molar-refractivity contribution in [1.82, 2.24) is 0 Å². The summed E-state index contributed by atoms with van der Waals surface area (Å²) < 4.78 is 13.2. The highest BCUT2D eigenvalue weighted by atomic mass is 19.1. The Labute approximate surface area is 90.6 Å². The number of carboxylic acids is 2. The fraction of sp³-hybridized carbons (Fsp3) is 0.0909. The normalized spacial score (nSPS) is 10.6. The van der Waals surface area contributed by atoms with Crippen LogP contribution >= 0.6 is 0 Å². The van der Waals surface area contributed by atoms with Crippen molar-refractivity contribution in [2.45, 2.75) is 6.42 Å². The number of benzene rings is 1. The van der Waals surface area contributed by atoms with Crippen LogP contribution in [-0.2, 0) is 4.79 Å². The summed E-state index contributed by atoms with van der Waals surface area (Å²) in [5, 5.41) is 16.9. The van der Waals surface area contributed by atoms with Crippen LogP contribution in [0.1, 0.15) is 22.3 Å². The molecular formula is C11H9FO4. The summed E-state index contributed by atoms with van der Waals surface area (Å²) in [6, 6.07) is 3.59. The van der Waals surface area contributed by atoms with E-state index >= 15 is 0 Å². The largest absolute Gasteiger partial charge is 0.481 e. The Kier molecular flexibility index (Phi) is 3.77. The molecule has 0 saturated heterocycles. The lowest BCUT2D eigenvalue weighted by atomic mass is 10.1. The van der Waals surface area contributed by atoms with Crippen molar-refractivity contribution in [2.24, 2.45) is 0 Å². The molecule has 0 saturated carbocycles. The van der Waals surface area contributed by atoms with Gasteiger partial charge in [-0.2, -0.15) is 0 Å². The number of rotatable bonds is 4. The third-order valence-electron chi connectivity index (χ3n) is 1.83. The van der Waals surface area contributed by atoms with Gasteiger partial charge in [0, 0.05) is 0 Å². The van der Waals surface area contributed by atoms with Gasteiger partial charge in [0.15, 0.2) is 0 Å². The van der Waals surface area contributed by atoms with E-state index in [-0.39, 0.29) is 6.42 Å². The van der Waals surface area contributed by atoms with Crippen molar-refractivity contribution in [1.29, 1.82) is 0 Å². The van der Waals surface area contributed by atoms with E-state index in [4.69, 9.17) is 10.2 Å².